The van der Waals surface area contributed by atoms with E-state index >= 15 is 0 Å². The normalized spacial score (nSPS) is 11.2. The molecule has 5 nitrogen and oxygen atoms in total. The first-order valence-corrected chi connectivity index (χ1v) is 9.69. The van der Waals surface area contributed by atoms with Crippen molar-refractivity contribution in [3.05, 3.63) is 70.5 Å². The van der Waals surface area contributed by atoms with Crippen LogP contribution in [0.1, 0.15) is 16.1 Å². The third kappa shape index (κ3) is 4.02. The van der Waals surface area contributed by atoms with E-state index in [0.29, 0.717) is 15.6 Å². The number of esters is 1. The van der Waals surface area contributed by atoms with Crippen LogP contribution in [-0.2, 0) is 29.6 Å². The number of benzene rings is 2. The molecule has 8 heteroatoms. The van der Waals surface area contributed by atoms with Crippen molar-refractivity contribution in [1.29, 1.82) is 0 Å². The van der Waals surface area contributed by atoms with E-state index in [9.17, 15) is 13.6 Å². The van der Waals surface area contributed by atoms with Crippen molar-refractivity contribution < 1.29 is 18.3 Å². The van der Waals surface area contributed by atoms with E-state index in [-0.39, 0.29) is 18.6 Å². The fraction of sp³-hybridized carbons (Fsp3) is 0.190. The van der Waals surface area contributed by atoms with Crippen LogP contribution in [0.25, 0.3) is 21.6 Å². The first-order valence-electron chi connectivity index (χ1n) is 8.88. The van der Waals surface area contributed by atoms with Crippen LogP contribution in [0.2, 0.25) is 0 Å². The van der Waals surface area contributed by atoms with Crippen LogP contribution in [0.3, 0.4) is 0 Å². The van der Waals surface area contributed by atoms with Gasteiger partial charge in [-0.15, -0.1) is 11.3 Å². The molecule has 0 N–H and O–H groups in total. The Labute approximate surface area is 169 Å². The van der Waals surface area contributed by atoms with E-state index in [2.05, 4.69) is 9.97 Å². The summed E-state index contributed by atoms with van der Waals surface area (Å²) < 4.78 is 34.4. The van der Waals surface area contributed by atoms with Gasteiger partial charge in [0.05, 0.1) is 29.5 Å². The van der Waals surface area contributed by atoms with Crippen LogP contribution < -0.4 is 0 Å². The Morgan fingerprint density at radius 3 is 2.83 bits per heavy atom. The molecule has 0 radical (unpaired) electrons. The number of thiazole rings is 1. The number of ether oxygens (including phenoxy) is 1. The van der Waals surface area contributed by atoms with Gasteiger partial charge in [-0.1, -0.05) is 6.07 Å². The molecule has 4 rings (SSSR count). The lowest BCUT2D eigenvalue weighted by atomic mass is 10.2. The Morgan fingerprint density at radius 1 is 1.21 bits per heavy atom. The maximum absolute atomic E-state index is 14.0. The standard InChI is InChI=1S/C21H17F2N3O2S/c1-12-19(29-21(25-12)15-5-4-14(22)8-16(15)23)9-20(27)28-10-13-3-6-18-17(7-13)24-11-26(18)2/h3-8,11H,9-10H2,1-2H3. The molecule has 0 saturated heterocycles. The van der Waals surface area contributed by atoms with Crippen LogP contribution >= 0.6 is 11.3 Å². The zero-order chi connectivity index (χ0) is 20.5. The van der Waals surface area contributed by atoms with Gasteiger partial charge in [0, 0.05) is 23.6 Å². The van der Waals surface area contributed by atoms with Gasteiger partial charge in [-0.05, 0) is 36.8 Å². The number of fused-ring (bicyclic) bond motifs is 1. The Bertz CT molecular complexity index is 1220. The maximum atomic E-state index is 14.0. The lowest BCUT2D eigenvalue weighted by Crippen LogP contribution is -2.07. The molecule has 2 aromatic carbocycles. The average molecular weight is 413 g/mol. The molecule has 2 aromatic heterocycles. The van der Waals surface area contributed by atoms with Crippen molar-refractivity contribution in [2.24, 2.45) is 7.05 Å². The SMILES string of the molecule is Cc1nc(-c2ccc(F)cc2F)sc1CC(=O)OCc1ccc2c(c1)ncn2C. The number of carbonyl (C=O) groups excluding carboxylic acids is 1. The lowest BCUT2D eigenvalue weighted by molar-refractivity contribution is -0.144. The lowest BCUT2D eigenvalue weighted by Gasteiger charge is -2.05. The Hall–Kier alpha value is -3.13. The molecular formula is C21H17F2N3O2S. The Kier molecular flexibility index (Phi) is 5.10. The molecule has 0 spiro atoms. The zero-order valence-corrected chi connectivity index (χ0v) is 16.6. The van der Waals surface area contributed by atoms with Gasteiger partial charge in [0.2, 0.25) is 0 Å². The summed E-state index contributed by atoms with van der Waals surface area (Å²) in [5, 5.41) is 0.406. The molecule has 0 saturated carbocycles. The summed E-state index contributed by atoms with van der Waals surface area (Å²) in [4.78, 5) is 21.6. The zero-order valence-electron chi connectivity index (χ0n) is 15.8. The third-order valence-electron chi connectivity index (χ3n) is 4.55. The molecule has 4 aromatic rings. The average Bonchev–Trinajstić information content (AvgIpc) is 3.23. The molecule has 2 heterocycles. The molecule has 0 bridgehead atoms. The highest BCUT2D eigenvalue weighted by molar-refractivity contribution is 7.15. The number of imidazole rings is 1. The van der Waals surface area contributed by atoms with Gasteiger partial charge in [-0.3, -0.25) is 4.79 Å². The summed E-state index contributed by atoms with van der Waals surface area (Å²) >= 11 is 1.20. The van der Waals surface area contributed by atoms with Gasteiger partial charge in [0.1, 0.15) is 23.2 Å². The van der Waals surface area contributed by atoms with E-state index in [4.69, 9.17) is 4.74 Å². The minimum Gasteiger partial charge on any atom is -0.461 e. The summed E-state index contributed by atoms with van der Waals surface area (Å²) in [6.45, 7) is 1.89. The number of rotatable bonds is 5. The van der Waals surface area contributed by atoms with E-state index in [1.54, 1.807) is 13.3 Å². The maximum Gasteiger partial charge on any atom is 0.311 e. The summed E-state index contributed by atoms with van der Waals surface area (Å²) in [6, 6.07) is 9.06. The van der Waals surface area contributed by atoms with Crippen LogP contribution in [0.5, 0.6) is 0 Å². The van der Waals surface area contributed by atoms with Gasteiger partial charge in [0.15, 0.2) is 0 Å². The van der Waals surface area contributed by atoms with Crippen LogP contribution in [0, 0.1) is 18.6 Å². The smallest absolute Gasteiger partial charge is 0.311 e. The van der Waals surface area contributed by atoms with Crippen LogP contribution in [0.15, 0.2) is 42.7 Å². The first-order chi connectivity index (χ1) is 13.9. The molecular weight excluding hydrogens is 396 g/mol. The van der Waals surface area contributed by atoms with Gasteiger partial charge in [0.25, 0.3) is 0 Å². The Morgan fingerprint density at radius 2 is 2.03 bits per heavy atom. The molecule has 0 aliphatic carbocycles. The molecule has 0 aliphatic heterocycles. The van der Waals surface area contributed by atoms with Gasteiger partial charge in [-0.25, -0.2) is 18.7 Å². The van der Waals surface area contributed by atoms with Crippen molar-refractivity contribution in [3.63, 3.8) is 0 Å². The fourth-order valence-corrected chi connectivity index (χ4v) is 4.06. The fourth-order valence-electron chi connectivity index (χ4n) is 2.99. The van der Waals surface area contributed by atoms with Gasteiger partial charge < -0.3 is 9.30 Å². The number of carbonyl (C=O) groups is 1. The molecule has 29 heavy (non-hydrogen) atoms. The largest absolute Gasteiger partial charge is 0.461 e. The van der Waals surface area contributed by atoms with Gasteiger partial charge >= 0.3 is 5.97 Å². The van der Waals surface area contributed by atoms with E-state index in [1.165, 1.54) is 23.5 Å². The second-order valence-electron chi connectivity index (χ2n) is 6.67. The van der Waals surface area contributed by atoms with Crippen molar-refractivity contribution in [2.45, 2.75) is 20.0 Å². The predicted molar refractivity (Wildman–Crippen MR) is 106 cm³/mol. The number of aryl methyl sites for hydroxylation is 2. The highest BCUT2D eigenvalue weighted by Gasteiger charge is 2.16. The van der Waals surface area contributed by atoms with Crippen LogP contribution in [-0.4, -0.2) is 20.5 Å². The summed E-state index contributed by atoms with van der Waals surface area (Å²) in [7, 11) is 1.92. The highest BCUT2D eigenvalue weighted by atomic mass is 32.1. The molecule has 0 amide bonds. The van der Waals surface area contributed by atoms with Crippen LogP contribution in [0.4, 0.5) is 8.78 Å². The molecule has 0 aliphatic rings. The van der Waals surface area contributed by atoms with Crippen molar-refractivity contribution in [1.82, 2.24) is 14.5 Å². The third-order valence-corrected chi connectivity index (χ3v) is 5.74. The van der Waals surface area contributed by atoms with E-state index < -0.39 is 17.6 Å². The summed E-state index contributed by atoms with van der Waals surface area (Å²) in [5.41, 5.74) is 3.52. The number of nitrogens with zero attached hydrogens (tertiary/aromatic N) is 3. The van der Waals surface area contributed by atoms with Gasteiger partial charge in [-0.2, -0.15) is 0 Å². The number of hydrogen-bond acceptors (Lipinski definition) is 5. The van der Waals surface area contributed by atoms with Crippen molar-refractivity contribution >= 4 is 28.3 Å². The minimum atomic E-state index is -0.683. The monoisotopic (exact) mass is 413 g/mol. The predicted octanol–water partition coefficient (Wildman–Crippen LogP) is 4.57. The number of aromatic nitrogens is 3. The molecule has 0 unspecified atom stereocenters. The quantitative estimate of drug-likeness (QED) is 0.450. The Balaban J connectivity index is 1.43. The second-order valence-corrected chi connectivity index (χ2v) is 7.75. The highest BCUT2D eigenvalue weighted by Crippen LogP contribution is 2.30. The topological polar surface area (TPSA) is 57.0 Å². The summed E-state index contributed by atoms with van der Waals surface area (Å²) in [6.07, 6.45) is 1.77. The molecule has 148 valence electrons. The van der Waals surface area contributed by atoms with E-state index in [0.717, 1.165) is 22.7 Å². The first kappa shape index (κ1) is 19.2. The number of hydrogen-bond donors (Lipinski definition) is 0. The number of halogens is 2. The second kappa shape index (κ2) is 7.71. The summed E-state index contributed by atoms with van der Waals surface area (Å²) in [5.74, 6) is -1.73. The van der Waals surface area contributed by atoms with Crippen molar-refractivity contribution in [3.8, 4) is 10.6 Å². The molecule has 0 atom stereocenters. The minimum absolute atomic E-state index is 0.0398. The van der Waals surface area contributed by atoms with E-state index in [1.807, 2.05) is 29.8 Å². The van der Waals surface area contributed by atoms with Crippen molar-refractivity contribution in [2.75, 3.05) is 0 Å². The molecule has 0 fully saturated rings.